The maximum absolute atomic E-state index is 11.4. The Kier molecular flexibility index (Phi) is 5.69. The van der Waals surface area contributed by atoms with Crippen molar-refractivity contribution < 1.29 is 9.53 Å². The second-order valence-electron chi connectivity index (χ2n) is 4.55. The molecular weight excluding hydrogens is 190 g/mol. The minimum absolute atomic E-state index is 0.0851. The monoisotopic (exact) mass is 213 g/mol. The fourth-order valence-corrected chi connectivity index (χ4v) is 2.46. The summed E-state index contributed by atoms with van der Waals surface area (Å²) < 4.78 is 4.76. The minimum Gasteiger partial charge on any atom is -0.469 e. The minimum atomic E-state index is -0.137. The van der Waals surface area contributed by atoms with Crippen LogP contribution in [0.5, 0.6) is 0 Å². The molecule has 0 aromatic rings. The smallest absolute Gasteiger partial charge is 0.309 e. The van der Waals surface area contributed by atoms with Crippen LogP contribution >= 0.6 is 0 Å². The van der Waals surface area contributed by atoms with Gasteiger partial charge in [0.1, 0.15) is 0 Å². The van der Waals surface area contributed by atoms with E-state index in [1.807, 2.05) is 0 Å². The highest BCUT2D eigenvalue weighted by Gasteiger charge is 2.22. The highest BCUT2D eigenvalue weighted by Crippen LogP contribution is 2.28. The first-order chi connectivity index (χ1) is 7.27. The molecule has 2 N–H and O–H groups in total. The molecule has 0 aromatic carbocycles. The zero-order chi connectivity index (χ0) is 11.1. The lowest BCUT2D eigenvalue weighted by Gasteiger charge is -2.19. The third-order valence-electron chi connectivity index (χ3n) is 3.41. The molecule has 0 spiro atoms. The van der Waals surface area contributed by atoms with Crippen molar-refractivity contribution in [2.45, 2.75) is 44.9 Å². The van der Waals surface area contributed by atoms with Crippen LogP contribution in [0.2, 0.25) is 0 Å². The maximum Gasteiger partial charge on any atom is 0.309 e. The van der Waals surface area contributed by atoms with Crippen LogP contribution in [-0.2, 0) is 9.53 Å². The summed E-state index contributed by atoms with van der Waals surface area (Å²) in [6, 6.07) is 0. The van der Waals surface area contributed by atoms with Crippen LogP contribution in [0.25, 0.3) is 0 Å². The fourth-order valence-electron chi connectivity index (χ4n) is 2.46. The van der Waals surface area contributed by atoms with Gasteiger partial charge in [0.2, 0.25) is 0 Å². The predicted molar refractivity (Wildman–Crippen MR) is 60.4 cm³/mol. The number of carbonyl (C=O) groups is 1. The molecule has 0 aliphatic heterocycles. The van der Waals surface area contributed by atoms with Gasteiger partial charge in [-0.1, -0.05) is 38.5 Å². The number of hydrogen-bond acceptors (Lipinski definition) is 3. The molecule has 1 fully saturated rings. The van der Waals surface area contributed by atoms with Crippen LogP contribution in [-0.4, -0.2) is 19.6 Å². The van der Waals surface area contributed by atoms with E-state index >= 15 is 0 Å². The van der Waals surface area contributed by atoms with E-state index in [0.717, 1.165) is 6.42 Å². The third kappa shape index (κ3) is 4.20. The number of rotatable bonds is 4. The SMILES string of the molecule is COC(=O)C(CN)CC1CCCCCC1. The quantitative estimate of drug-likeness (QED) is 0.574. The second kappa shape index (κ2) is 6.83. The van der Waals surface area contributed by atoms with Gasteiger partial charge >= 0.3 is 5.97 Å². The van der Waals surface area contributed by atoms with Crippen LogP contribution in [0, 0.1) is 11.8 Å². The van der Waals surface area contributed by atoms with E-state index in [2.05, 4.69) is 0 Å². The molecule has 1 rings (SSSR count). The zero-order valence-corrected chi connectivity index (χ0v) is 9.71. The number of ether oxygens (including phenoxy) is 1. The Labute approximate surface area is 92.4 Å². The lowest BCUT2D eigenvalue weighted by molar-refractivity contribution is -0.145. The topological polar surface area (TPSA) is 52.3 Å². The molecular formula is C12H23NO2. The van der Waals surface area contributed by atoms with Crippen LogP contribution in [0.15, 0.2) is 0 Å². The molecule has 1 aliphatic rings. The molecule has 3 nitrogen and oxygen atoms in total. The van der Waals surface area contributed by atoms with Gasteiger partial charge in [-0.2, -0.15) is 0 Å². The van der Waals surface area contributed by atoms with Crippen molar-refractivity contribution in [1.29, 1.82) is 0 Å². The Balaban J connectivity index is 2.38. The molecule has 1 atom stereocenters. The summed E-state index contributed by atoms with van der Waals surface area (Å²) in [6.45, 7) is 0.420. The first kappa shape index (κ1) is 12.5. The molecule has 0 saturated heterocycles. The molecule has 15 heavy (non-hydrogen) atoms. The molecule has 3 heteroatoms. The van der Waals surface area contributed by atoms with Gasteiger partial charge in [-0.15, -0.1) is 0 Å². The Morgan fingerprint density at radius 1 is 1.33 bits per heavy atom. The highest BCUT2D eigenvalue weighted by atomic mass is 16.5. The number of methoxy groups -OCH3 is 1. The molecule has 1 aliphatic carbocycles. The van der Waals surface area contributed by atoms with Gasteiger partial charge in [-0.25, -0.2) is 0 Å². The van der Waals surface area contributed by atoms with Crippen molar-refractivity contribution in [1.82, 2.24) is 0 Å². The molecule has 0 amide bonds. The van der Waals surface area contributed by atoms with Crippen molar-refractivity contribution >= 4 is 5.97 Å². The summed E-state index contributed by atoms with van der Waals surface area (Å²) in [7, 11) is 1.44. The van der Waals surface area contributed by atoms with Crippen LogP contribution in [0.3, 0.4) is 0 Å². The summed E-state index contributed by atoms with van der Waals surface area (Å²) in [5.41, 5.74) is 5.60. The van der Waals surface area contributed by atoms with Crippen LogP contribution in [0.4, 0.5) is 0 Å². The van der Waals surface area contributed by atoms with E-state index in [1.54, 1.807) is 0 Å². The van der Waals surface area contributed by atoms with E-state index in [4.69, 9.17) is 10.5 Å². The Morgan fingerprint density at radius 2 is 1.93 bits per heavy atom. The number of esters is 1. The van der Waals surface area contributed by atoms with Crippen molar-refractivity contribution in [3.05, 3.63) is 0 Å². The van der Waals surface area contributed by atoms with Crippen molar-refractivity contribution in [3.8, 4) is 0 Å². The Morgan fingerprint density at radius 3 is 2.40 bits per heavy atom. The Bertz CT molecular complexity index is 186. The lowest BCUT2D eigenvalue weighted by atomic mass is 9.89. The molecule has 88 valence electrons. The molecule has 0 heterocycles. The van der Waals surface area contributed by atoms with Crippen LogP contribution < -0.4 is 5.73 Å². The fraction of sp³-hybridized carbons (Fsp3) is 0.917. The third-order valence-corrected chi connectivity index (χ3v) is 3.41. The number of carbonyl (C=O) groups excluding carboxylic acids is 1. The standard InChI is InChI=1S/C12H23NO2/c1-15-12(14)11(9-13)8-10-6-4-2-3-5-7-10/h10-11H,2-9,13H2,1H3. The van der Waals surface area contributed by atoms with Gasteiger partial charge in [-0.3, -0.25) is 4.79 Å². The Hall–Kier alpha value is -0.570. The van der Waals surface area contributed by atoms with Gasteiger partial charge in [0.15, 0.2) is 0 Å². The first-order valence-electron chi connectivity index (χ1n) is 6.05. The number of nitrogens with two attached hydrogens (primary N) is 1. The summed E-state index contributed by atoms with van der Waals surface area (Å²) in [6.07, 6.45) is 8.75. The summed E-state index contributed by atoms with van der Waals surface area (Å²) in [4.78, 5) is 11.4. The van der Waals surface area contributed by atoms with E-state index in [1.165, 1.54) is 45.6 Å². The molecule has 0 radical (unpaired) electrons. The van der Waals surface area contributed by atoms with Gasteiger partial charge in [0, 0.05) is 6.54 Å². The average Bonchev–Trinajstić information content (AvgIpc) is 2.53. The lowest BCUT2D eigenvalue weighted by Crippen LogP contribution is -2.27. The highest BCUT2D eigenvalue weighted by molar-refractivity contribution is 5.72. The number of hydrogen-bond donors (Lipinski definition) is 1. The zero-order valence-electron chi connectivity index (χ0n) is 9.71. The average molecular weight is 213 g/mol. The summed E-state index contributed by atoms with van der Waals surface area (Å²) in [5, 5.41) is 0. The van der Waals surface area contributed by atoms with Gasteiger partial charge < -0.3 is 10.5 Å². The van der Waals surface area contributed by atoms with Gasteiger partial charge in [0.05, 0.1) is 13.0 Å². The largest absolute Gasteiger partial charge is 0.469 e. The van der Waals surface area contributed by atoms with E-state index in [9.17, 15) is 4.79 Å². The predicted octanol–water partition coefficient (Wildman–Crippen LogP) is 2.09. The van der Waals surface area contributed by atoms with E-state index in [0.29, 0.717) is 12.5 Å². The second-order valence-corrected chi connectivity index (χ2v) is 4.55. The normalized spacial score (nSPS) is 20.7. The van der Waals surface area contributed by atoms with Crippen LogP contribution in [0.1, 0.15) is 44.9 Å². The molecule has 1 unspecified atom stereocenters. The van der Waals surface area contributed by atoms with Crippen molar-refractivity contribution in [2.75, 3.05) is 13.7 Å². The van der Waals surface area contributed by atoms with Gasteiger partial charge in [-0.05, 0) is 12.3 Å². The van der Waals surface area contributed by atoms with Crippen molar-refractivity contribution in [3.63, 3.8) is 0 Å². The first-order valence-corrected chi connectivity index (χ1v) is 6.05. The molecule has 0 bridgehead atoms. The molecule has 1 saturated carbocycles. The van der Waals surface area contributed by atoms with E-state index in [-0.39, 0.29) is 11.9 Å². The van der Waals surface area contributed by atoms with Gasteiger partial charge in [0.25, 0.3) is 0 Å². The van der Waals surface area contributed by atoms with Crippen molar-refractivity contribution in [2.24, 2.45) is 17.6 Å². The van der Waals surface area contributed by atoms with E-state index < -0.39 is 0 Å². The maximum atomic E-state index is 11.4. The summed E-state index contributed by atoms with van der Waals surface area (Å²) in [5.74, 6) is 0.458. The molecule has 0 aromatic heterocycles. The summed E-state index contributed by atoms with van der Waals surface area (Å²) >= 11 is 0.